The third-order valence-electron chi connectivity index (χ3n) is 3.08. The number of rotatable bonds is 9. The van der Waals surface area contributed by atoms with Crippen LogP contribution in [0.3, 0.4) is 0 Å². The molecular formula is C15H25N3O2. The maximum absolute atomic E-state index is 11.8. The zero-order chi connectivity index (χ0) is 14.8. The minimum atomic E-state index is -0.148. The minimum absolute atomic E-state index is 0.0385. The molecule has 0 radical (unpaired) electrons. The number of para-hydroxylation sites is 1. The molecule has 0 bridgehead atoms. The van der Waals surface area contributed by atoms with E-state index >= 15 is 0 Å². The molecule has 1 aromatic rings. The van der Waals surface area contributed by atoms with Gasteiger partial charge in [0, 0.05) is 18.8 Å². The Morgan fingerprint density at radius 2 is 2.00 bits per heavy atom. The monoisotopic (exact) mass is 279 g/mol. The molecule has 0 aliphatic rings. The van der Waals surface area contributed by atoms with Crippen LogP contribution in [0, 0.1) is 0 Å². The molecular weight excluding hydrogens is 254 g/mol. The summed E-state index contributed by atoms with van der Waals surface area (Å²) in [5.41, 5.74) is 7.28. The first-order chi connectivity index (χ1) is 9.71. The van der Waals surface area contributed by atoms with E-state index in [0.717, 1.165) is 30.9 Å². The van der Waals surface area contributed by atoms with E-state index in [1.54, 1.807) is 0 Å². The van der Waals surface area contributed by atoms with E-state index < -0.39 is 0 Å². The predicted octanol–water partition coefficient (Wildman–Crippen LogP) is 1.44. The normalized spacial score (nSPS) is 10.8. The third kappa shape index (κ3) is 5.69. The zero-order valence-electron chi connectivity index (χ0n) is 12.4. The molecule has 5 heteroatoms. The first-order valence-electron chi connectivity index (χ1n) is 7.09. The second kappa shape index (κ2) is 9.47. The molecule has 0 atom stereocenters. The van der Waals surface area contributed by atoms with E-state index in [9.17, 15) is 4.79 Å². The van der Waals surface area contributed by atoms with Crippen LogP contribution in [-0.2, 0) is 16.1 Å². The van der Waals surface area contributed by atoms with Crippen LogP contribution in [0.2, 0.25) is 0 Å². The van der Waals surface area contributed by atoms with E-state index in [-0.39, 0.29) is 12.5 Å². The number of anilines is 1. The topological polar surface area (TPSA) is 67.6 Å². The van der Waals surface area contributed by atoms with Crippen LogP contribution < -0.4 is 11.1 Å². The number of carbonyl (C=O) groups excluding carboxylic acids is 1. The molecule has 1 amide bonds. The van der Waals surface area contributed by atoms with E-state index in [0.29, 0.717) is 13.2 Å². The Morgan fingerprint density at radius 1 is 1.30 bits per heavy atom. The van der Waals surface area contributed by atoms with Gasteiger partial charge in [-0.05, 0) is 24.7 Å². The van der Waals surface area contributed by atoms with Gasteiger partial charge in [-0.2, -0.15) is 0 Å². The highest BCUT2D eigenvalue weighted by Crippen LogP contribution is 2.17. The molecule has 20 heavy (non-hydrogen) atoms. The Labute approximate surface area is 121 Å². The van der Waals surface area contributed by atoms with Gasteiger partial charge in [0.25, 0.3) is 0 Å². The van der Waals surface area contributed by atoms with Gasteiger partial charge in [0.05, 0.1) is 6.61 Å². The summed E-state index contributed by atoms with van der Waals surface area (Å²) in [4.78, 5) is 14.1. The van der Waals surface area contributed by atoms with Crippen molar-refractivity contribution >= 4 is 11.6 Å². The number of hydrogen-bond donors (Lipinski definition) is 2. The lowest BCUT2D eigenvalue weighted by atomic mass is 10.1. The summed E-state index contributed by atoms with van der Waals surface area (Å²) in [5.74, 6) is -0.148. The van der Waals surface area contributed by atoms with Crippen molar-refractivity contribution in [1.82, 2.24) is 4.90 Å². The molecule has 0 aromatic heterocycles. The molecule has 1 aromatic carbocycles. The molecule has 0 saturated carbocycles. The largest absolute Gasteiger partial charge is 0.370 e. The second-order valence-corrected chi connectivity index (χ2v) is 4.51. The van der Waals surface area contributed by atoms with Crippen molar-refractivity contribution in [1.29, 1.82) is 0 Å². The van der Waals surface area contributed by atoms with E-state index in [1.165, 1.54) is 0 Å². The predicted molar refractivity (Wildman–Crippen MR) is 81.6 cm³/mol. The maximum Gasteiger partial charge on any atom is 0.250 e. The van der Waals surface area contributed by atoms with Crippen molar-refractivity contribution in [2.24, 2.45) is 5.73 Å². The molecule has 3 N–H and O–H groups in total. The van der Waals surface area contributed by atoms with E-state index in [1.807, 2.05) is 24.3 Å². The van der Waals surface area contributed by atoms with Crippen molar-refractivity contribution in [2.45, 2.75) is 20.4 Å². The number of carbonyl (C=O) groups is 1. The fourth-order valence-electron chi connectivity index (χ4n) is 1.90. The molecule has 0 spiro atoms. The lowest BCUT2D eigenvalue weighted by Crippen LogP contribution is -2.24. The van der Waals surface area contributed by atoms with Crippen molar-refractivity contribution in [3.05, 3.63) is 29.8 Å². The second-order valence-electron chi connectivity index (χ2n) is 4.51. The molecule has 0 fully saturated rings. The van der Waals surface area contributed by atoms with E-state index in [2.05, 4.69) is 24.1 Å². The van der Waals surface area contributed by atoms with Gasteiger partial charge >= 0.3 is 0 Å². The van der Waals surface area contributed by atoms with Crippen LogP contribution in [0.5, 0.6) is 0 Å². The molecule has 0 aliphatic carbocycles. The summed E-state index contributed by atoms with van der Waals surface area (Å²) >= 11 is 0. The number of amides is 1. The summed E-state index contributed by atoms with van der Waals surface area (Å²) < 4.78 is 5.13. The summed E-state index contributed by atoms with van der Waals surface area (Å²) in [6, 6.07) is 7.86. The Balaban J connectivity index is 2.62. The van der Waals surface area contributed by atoms with Gasteiger partial charge in [-0.1, -0.05) is 32.0 Å². The molecule has 0 unspecified atom stereocenters. The fraction of sp³-hybridized carbons (Fsp3) is 0.533. The van der Waals surface area contributed by atoms with Crippen LogP contribution in [0.1, 0.15) is 19.4 Å². The van der Waals surface area contributed by atoms with Crippen molar-refractivity contribution < 1.29 is 9.53 Å². The summed E-state index contributed by atoms with van der Waals surface area (Å²) in [5, 5.41) is 2.89. The standard InChI is InChI=1S/C15H25N3O2/c1-3-18(4-2)11-13-7-5-6-8-14(13)17-15(19)12-20-10-9-16/h5-8H,3-4,9-12,16H2,1-2H3,(H,17,19). The van der Waals surface area contributed by atoms with Gasteiger partial charge < -0.3 is 15.8 Å². The van der Waals surface area contributed by atoms with Crippen molar-refractivity contribution in [3.8, 4) is 0 Å². The summed E-state index contributed by atoms with van der Waals surface area (Å²) in [6.45, 7) is 7.91. The lowest BCUT2D eigenvalue weighted by Gasteiger charge is -2.20. The maximum atomic E-state index is 11.8. The number of nitrogens with one attached hydrogen (secondary N) is 1. The number of benzene rings is 1. The van der Waals surface area contributed by atoms with Crippen LogP contribution >= 0.6 is 0 Å². The quantitative estimate of drug-likeness (QED) is 0.671. The van der Waals surface area contributed by atoms with Crippen molar-refractivity contribution in [2.75, 3.05) is 38.2 Å². The van der Waals surface area contributed by atoms with E-state index in [4.69, 9.17) is 10.5 Å². The number of ether oxygens (including phenoxy) is 1. The fourth-order valence-corrected chi connectivity index (χ4v) is 1.90. The van der Waals surface area contributed by atoms with Gasteiger partial charge in [0.1, 0.15) is 6.61 Å². The minimum Gasteiger partial charge on any atom is -0.370 e. The first-order valence-corrected chi connectivity index (χ1v) is 7.09. The molecule has 0 saturated heterocycles. The molecule has 0 aliphatic heterocycles. The highest BCUT2D eigenvalue weighted by atomic mass is 16.5. The Morgan fingerprint density at radius 3 is 2.65 bits per heavy atom. The average Bonchev–Trinajstić information content (AvgIpc) is 2.46. The van der Waals surface area contributed by atoms with Crippen LogP contribution in [-0.4, -0.2) is 43.7 Å². The summed E-state index contributed by atoms with van der Waals surface area (Å²) in [6.07, 6.45) is 0. The number of nitrogens with zero attached hydrogens (tertiary/aromatic N) is 1. The third-order valence-corrected chi connectivity index (χ3v) is 3.08. The molecule has 0 heterocycles. The smallest absolute Gasteiger partial charge is 0.250 e. The number of hydrogen-bond acceptors (Lipinski definition) is 4. The van der Waals surface area contributed by atoms with Crippen LogP contribution in [0.25, 0.3) is 0 Å². The van der Waals surface area contributed by atoms with Crippen LogP contribution in [0.15, 0.2) is 24.3 Å². The van der Waals surface area contributed by atoms with Crippen molar-refractivity contribution in [3.63, 3.8) is 0 Å². The van der Waals surface area contributed by atoms with Gasteiger partial charge in [-0.3, -0.25) is 9.69 Å². The Kier molecular flexibility index (Phi) is 7.87. The number of nitrogens with two attached hydrogens (primary N) is 1. The zero-order valence-corrected chi connectivity index (χ0v) is 12.4. The van der Waals surface area contributed by atoms with Gasteiger partial charge in [-0.25, -0.2) is 0 Å². The van der Waals surface area contributed by atoms with Gasteiger partial charge in [0.2, 0.25) is 5.91 Å². The highest BCUT2D eigenvalue weighted by molar-refractivity contribution is 5.92. The average molecular weight is 279 g/mol. The molecule has 112 valence electrons. The first kappa shape index (κ1) is 16.6. The SMILES string of the molecule is CCN(CC)Cc1ccccc1NC(=O)COCCN. The van der Waals surface area contributed by atoms with Crippen LogP contribution in [0.4, 0.5) is 5.69 Å². The highest BCUT2D eigenvalue weighted by Gasteiger charge is 2.09. The Bertz CT molecular complexity index is 406. The van der Waals surface area contributed by atoms with Gasteiger partial charge in [-0.15, -0.1) is 0 Å². The Hall–Kier alpha value is -1.43. The van der Waals surface area contributed by atoms with Gasteiger partial charge in [0.15, 0.2) is 0 Å². The summed E-state index contributed by atoms with van der Waals surface area (Å²) in [7, 11) is 0. The lowest BCUT2D eigenvalue weighted by molar-refractivity contribution is -0.120. The molecule has 5 nitrogen and oxygen atoms in total. The molecule has 1 rings (SSSR count).